The maximum Gasteiger partial charge on any atom is 0.367 e. The molecular formula is C11H9BrN2O2S. The molecule has 6 heteroatoms. The number of esters is 1. The van der Waals surface area contributed by atoms with Crippen LogP contribution < -0.4 is 5.73 Å². The second kappa shape index (κ2) is 5.29. The fraction of sp³-hybridized carbons (Fsp3) is 0.0909. The van der Waals surface area contributed by atoms with Gasteiger partial charge in [-0.15, -0.1) is 0 Å². The number of halogens is 1. The van der Waals surface area contributed by atoms with Gasteiger partial charge in [0.25, 0.3) is 0 Å². The van der Waals surface area contributed by atoms with Crippen LogP contribution in [-0.4, -0.2) is 11.0 Å². The molecule has 0 unspecified atom stereocenters. The first-order valence-electron chi connectivity index (χ1n) is 4.79. The fourth-order valence-electron chi connectivity index (χ4n) is 1.19. The zero-order valence-corrected chi connectivity index (χ0v) is 11.1. The van der Waals surface area contributed by atoms with Crippen LogP contribution in [0.4, 0.5) is 5.82 Å². The molecule has 0 saturated carbocycles. The van der Waals surface area contributed by atoms with Gasteiger partial charge in [-0.3, -0.25) is 0 Å². The number of hydrogen-bond donors (Lipinski definition) is 1. The van der Waals surface area contributed by atoms with E-state index in [1.165, 1.54) is 0 Å². The van der Waals surface area contributed by atoms with E-state index in [0.29, 0.717) is 9.60 Å². The molecule has 0 fully saturated rings. The summed E-state index contributed by atoms with van der Waals surface area (Å²) in [5, 5.41) is 0.255. The van der Waals surface area contributed by atoms with Crippen LogP contribution in [0.15, 0.2) is 34.1 Å². The van der Waals surface area contributed by atoms with Gasteiger partial charge in [-0.1, -0.05) is 41.7 Å². The Kier molecular flexibility index (Phi) is 3.75. The number of nitrogen functional groups attached to an aromatic ring is 1. The van der Waals surface area contributed by atoms with Gasteiger partial charge in [0.15, 0.2) is 0 Å². The lowest BCUT2D eigenvalue weighted by Gasteiger charge is -2.01. The van der Waals surface area contributed by atoms with Gasteiger partial charge in [0.05, 0.1) is 0 Å². The Morgan fingerprint density at radius 2 is 2.12 bits per heavy atom. The number of carbonyl (C=O) groups is 1. The van der Waals surface area contributed by atoms with Crippen LogP contribution >= 0.6 is 27.3 Å². The van der Waals surface area contributed by atoms with E-state index in [1.807, 2.05) is 30.3 Å². The minimum absolute atomic E-state index is 0.233. The zero-order chi connectivity index (χ0) is 12.3. The van der Waals surface area contributed by atoms with Crippen LogP contribution in [0, 0.1) is 0 Å². The largest absolute Gasteiger partial charge is 0.455 e. The lowest BCUT2D eigenvalue weighted by molar-refractivity contribution is 0.0472. The van der Waals surface area contributed by atoms with Crippen molar-refractivity contribution in [3.8, 4) is 0 Å². The molecule has 0 radical (unpaired) electrons. The van der Waals surface area contributed by atoms with Crippen molar-refractivity contribution in [1.82, 2.24) is 4.98 Å². The third kappa shape index (κ3) is 3.04. The first-order chi connectivity index (χ1) is 8.16. The van der Waals surface area contributed by atoms with Crippen molar-refractivity contribution in [1.29, 1.82) is 0 Å². The molecule has 0 spiro atoms. The van der Waals surface area contributed by atoms with Crippen molar-refractivity contribution >= 4 is 39.1 Å². The molecule has 0 bridgehead atoms. The molecule has 17 heavy (non-hydrogen) atoms. The molecule has 0 aliphatic carbocycles. The van der Waals surface area contributed by atoms with Crippen molar-refractivity contribution in [2.45, 2.75) is 6.61 Å². The number of nitrogens with zero attached hydrogens (tertiary/aromatic N) is 1. The van der Waals surface area contributed by atoms with E-state index in [1.54, 1.807) is 0 Å². The van der Waals surface area contributed by atoms with Crippen molar-refractivity contribution in [3.05, 3.63) is 44.7 Å². The molecule has 88 valence electrons. The number of hydrogen-bond acceptors (Lipinski definition) is 5. The van der Waals surface area contributed by atoms with E-state index in [-0.39, 0.29) is 11.6 Å². The SMILES string of the molecule is Nc1nc(C(=O)OCc2ccccc2)sc1Br. The summed E-state index contributed by atoms with van der Waals surface area (Å²) in [6, 6.07) is 9.46. The van der Waals surface area contributed by atoms with Gasteiger partial charge in [0.1, 0.15) is 16.2 Å². The summed E-state index contributed by atoms with van der Waals surface area (Å²) in [6.45, 7) is 0.233. The Morgan fingerprint density at radius 1 is 1.41 bits per heavy atom. The highest BCUT2D eigenvalue weighted by molar-refractivity contribution is 9.11. The minimum Gasteiger partial charge on any atom is -0.455 e. The summed E-state index contributed by atoms with van der Waals surface area (Å²) in [7, 11) is 0. The molecule has 0 atom stereocenters. The second-order valence-electron chi connectivity index (χ2n) is 3.24. The molecule has 0 aliphatic heterocycles. The van der Waals surface area contributed by atoms with Crippen molar-refractivity contribution < 1.29 is 9.53 Å². The molecule has 2 aromatic rings. The molecule has 0 amide bonds. The van der Waals surface area contributed by atoms with Crippen molar-refractivity contribution in [3.63, 3.8) is 0 Å². The number of thiazole rings is 1. The van der Waals surface area contributed by atoms with E-state index in [9.17, 15) is 4.79 Å². The Bertz CT molecular complexity index is 508. The molecule has 2 rings (SSSR count). The summed E-state index contributed by atoms with van der Waals surface area (Å²) in [5.41, 5.74) is 6.47. The number of nitrogens with two attached hydrogens (primary N) is 1. The second-order valence-corrected chi connectivity index (χ2v) is 5.56. The maximum atomic E-state index is 11.6. The van der Waals surface area contributed by atoms with Crippen LogP contribution in [0.3, 0.4) is 0 Å². The average Bonchev–Trinajstić information content (AvgIpc) is 2.68. The van der Waals surface area contributed by atoms with Crippen LogP contribution in [0.25, 0.3) is 0 Å². The van der Waals surface area contributed by atoms with Gasteiger partial charge >= 0.3 is 5.97 Å². The van der Waals surface area contributed by atoms with Gasteiger partial charge in [-0.25, -0.2) is 9.78 Å². The summed E-state index contributed by atoms with van der Waals surface area (Å²) >= 11 is 4.37. The quantitative estimate of drug-likeness (QED) is 0.885. The molecule has 4 nitrogen and oxygen atoms in total. The number of benzene rings is 1. The first kappa shape index (κ1) is 12.1. The number of rotatable bonds is 3. The number of ether oxygens (including phenoxy) is 1. The van der Waals surface area contributed by atoms with Crippen LogP contribution in [0.5, 0.6) is 0 Å². The molecular weight excluding hydrogens is 304 g/mol. The normalized spacial score (nSPS) is 10.2. The van der Waals surface area contributed by atoms with Gasteiger partial charge in [0, 0.05) is 0 Å². The van der Waals surface area contributed by atoms with Crippen LogP contribution in [-0.2, 0) is 11.3 Å². The predicted octanol–water partition coefficient (Wildman–Crippen LogP) is 2.84. The Morgan fingerprint density at radius 3 is 2.71 bits per heavy atom. The number of carbonyl (C=O) groups excluding carboxylic acids is 1. The number of aromatic nitrogens is 1. The summed E-state index contributed by atoms with van der Waals surface area (Å²) in [6.07, 6.45) is 0. The monoisotopic (exact) mass is 312 g/mol. The highest BCUT2D eigenvalue weighted by atomic mass is 79.9. The van der Waals surface area contributed by atoms with Crippen LogP contribution in [0.1, 0.15) is 15.4 Å². The van der Waals surface area contributed by atoms with E-state index in [0.717, 1.165) is 16.9 Å². The summed E-state index contributed by atoms with van der Waals surface area (Å²) in [5.74, 6) is -0.155. The Hall–Kier alpha value is -1.40. The van der Waals surface area contributed by atoms with Crippen molar-refractivity contribution in [2.75, 3.05) is 5.73 Å². The summed E-state index contributed by atoms with van der Waals surface area (Å²) in [4.78, 5) is 15.5. The molecule has 1 aromatic carbocycles. The van der Waals surface area contributed by atoms with E-state index >= 15 is 0 Å². The third-order valence-electron chi connectivity index (χ3n) is 2.00. The molecule has 0 aliphatic rings. The summed E-state index contributed by atoms with van der Waals surface area (Å²) < 4.78 is 5.76. The highest BCUT2D eigenvalue weighted by Gasteiger charge is 2.15. The molecule has 1 heterocycles. The number of anilines is 1. The van der Waals surface area contributed by atoms with Gasteiger partial charge in [0.2, 0.25) is 5.01 Å². The van der Waals surface area contributed by atoms with E-state index < -0.39 is 5.97 Å². The minimum atomic E-state index is -0.462. The fourth-order valence-corrected chi connectivity index (χ4v) is 2.34. The van der Waals surface area contributed by atoms with Crippen molar-refractivity contribution in [2.24, 2.45) is 0 Å². The Labute approximate surface area is 111 Å². The average molecular weight is 313 g/mol. The molecule has 2 N–H and O–H groups in total. The third-order valence-corrected chi connectivity index (χ3v) is 3.73. The van der Waals surface area contributed by atoms with Crippen LogP contribution in [0.2, 0.25) is 0 Å². The lowest BCUT2D eigenvalue weighted by Crippen LogP contribution is -2.04. The topological polar surface area (TPSA) is 65.2 Å². The first-order valence-corrected chi connectivity index (χ1v) is 6.40. The zero-order valence-electron chi connectivity index (χ0n) is 8.72. The molecule has 1 aromatic heterocycles. The highest BCUT2D eigenvalue weighted by Crippen LogP contribution is 2.27. The lowest BCUT2D eigenvalue weighted by atomic mass is 10.2. The van der Waals surface area contributed by atoms with E-state index in [4.69, 9.17) is 10.5 Å². The van der Waals surface area contributed by atoms with Gasteiger partial charge in [-0.2, -0.15) is 0 Å². The maximum absolute atomic E-state index is 11.6. The molecule has 0 saturated heterocycles. The smallest absolute Gasteiger partial charge is 0.367 e. The van der Waals surface area contributed by atoms with E-state index in [2.05, 4.69) is 20.9 Å². The Balaban J connectivity index is 1.98. The van der Waals surface area contributed by atoms with Gasteiger partial charge < -0.3 is 10.5 Å². The standard InChI is InChI=1S/C11H9BrN2O2S/c12-8-9(13)14-10(17-8)11(15)16-6-7-4-2-1-3-5-7/h1-5H,6,13H2. The predicted molar refractivity (Wildman–Crippen MR) is 69.8 cm³/mol. The van der Waals surface area contributed by atoms with Gasteiger partial charge in [-0.05, 0) is 21.5 Å².